The first-order valence-corrected chi connectivity index (χ1v) is 7.29. The highest BCUT2D eigenvalue weighted by Gasteiger charge is 2.34. The number of aromatic nitrogens is 1. The highest BCUT2D eigenvalue weighted by atomic mass is 19.1. The molecule has 1 fully saturated rings. The van der Waals surface area contributed by atoms with Crippen LogP contribution in [-0.4, -0.2) is 40.5 Å². The lowest BCUT2D eigenvalue weighted by Crippen LogP contribution is -2.59. The minimum atomic E-state index is -0.565. The second-order valence-electron chi connectivity index (χ2n) is 5.63. The van der Waals surface area contributed by atoms with Crippen LogP contribution >= 0.6 is 0 Å². The van der Waals surface area contributed by atoms with Crippen LogP contribution in [0.1, 0.15) is 24.3 Å². The van der Waals surface area contributed by atoms with Gasteiger partial charge in [-0.1, -0.05) is 5.16 Å². The van der Waals surface area contributed by atoms with Crippen LogP contribution in [0.2, 0.25) is 0 Å². The number of carbonyl (C=O) groups is 2. The molecule has 1 aliphatic heterocycles. The molecule has 2 amide bonds. The van der Waals surface area contributed by atoms with E-state index in [1.54, 1.807) is 19.1 Å². The molecular formula is C16H16FN3O3. The van der Waals surface area contributed by atoms with Crippen LogP contribution in [0.3, 0.4) is 0 Å². The molecule has 1 saturated heterocycles. The molecule has 0 aliphatic carbocycles. The van der Waals surface area contributed by atoms with Crippen molar-refractivity contribution in [3.05, 3.63) is 41.8 Å². The lowest BCUT2D eigenvalue weighted by molar-refractivity contribution is -0.128. The van der Waals surface area contributed by atoms with Crippen molar-refractivity contribution in [1.82, 2.24) is 15.4 Å². The number of amides is 2. The van der Waals surface area contributed by atoms with Crippen LogP contribution in [-0.2, 0) is 4.79 Å². The third-order valence-corrected chi connectivity index (χ3v) is 3.83. The van der Waals surface area contributed by atoms with E-state index in [-0.39, 0.29) is 29.4 Å². The second-order valence-corrected chi connectivity index (χ2v) is 5.63. The Morgan fingerprint density at radius 3 is 2.74 bits per heavy atom. The van der Waals surface area contributed by atoms with Crippen molar-refractivity contribution >= 4 is 11.8 Å². The molecule has 2 heterocycles. The summed E-state index contributed by atoms with van der Waals surface area (Å²) in [6, 6.07) is 6.51. The van der Waals surface area contributed by atoms with Crippen molar-refractivity contribution in [3.63, 3.8) is 0 Å². The summed E-state index contributed by atoms with van der Waals surface area (Å²) in [5.41, 5.74) is 0.744. The van der Waals surface area contributed by atoms with Crippen molar-refractivity contribution in [3.8, 4) is 11.3 Å². The van der Waals surface area contributed by atoms with Gasteiger partial charge in [-0.2, -0.15) is 0 Å². The Bertz CT molecular complexity index is 741. The normalized spacial score (nSPS) is 21.2. The summed E-state index contributed by atoms with van der Waals surface area (Å²) in [6.07, 6.45) is 0. The second kappa shape index (κ2) is 5.83. The lowest BCUT2D eigenvalue weighted by Gasteiger charge is -2.35. The van der Waals surface area contributed by atoms with Gasteiger partial charge in [0, 0.05) is 24.2 Å². The zero-order chi connectivity index (χ0) is 16.6. The average Bonchev–Trinajstić information content (AvgIpc) is 3.01. The number of piperazine rings is 1. The Morgan fingerprint density at radius 2 is 2.04 bits per heavy atom. The molecule has 2 unspecified atom stereocenters. The van der Waals surface area contributed by atoms with Crippen molar-refractivity contribution in [1.29, 1.82) is 0 Å². The molecule has 1 aliphatic rings. The van der Waals surface area contributed by atoms with Gasteiger partial charge in [0.1, 0.15) is 11.9 Å². The Kier molecular flexibility index (Phi) is 3.85. The van der Waals surface area contributed by atoms with Gasteiger partial charge in [-0.3, -0.25) is 9.59 Å². The van der Waals surface area contributed by atoms with Crippen LogP contribution in [0.15, 0.2) is 34.9 Å². The smallest absolute Gasteiger partial charge is 0.276 e. The molecule has 2 aromatic rings. The average molecular weight is 317 g/mol. The van der Waals surface area contributed by atoms with Gasteiger partial charge in [-0.05, 0) is 38.1 Å². The molecule has 1 N–H and O–H groups in total. The summed E-state index contributed by atoms with van der Waals surface area (Å²) in [6.45, 7) is 3.90. The fraction of sp³-hybridized carbons (Fsp3) is 0.312. The monoisotopic (exact) mass is 317 g/mol. The summed E-state index contributed by atoms with van der Waals surface area (Å²) in [5, 5.41) is 6.57. The number of halogens is 1. The molecule has 23 heavy (non-hydrogen) atoms. The number of nitrogens with zero attached hydrogens (tertiary/aromatic N) is 2. The summed E-state index contributed by atoms with van der Waals surface area (Å²) >= 11 is 0. The van der Waals surface area contributed by atoms with E-state index in [0.29, 0.717) is 17.9 Å². The third kappa shape index (κ3) is 2.94. The van der Waals surface area contributed by atoms with Gasteiger partial charge < -0.3 is 14.7 Å². The number of rotatable bonds is 2. The topological polar surface area (TPSA) is 75.4 Å². The highest BCUT2D eigenvalue weighted by molar-refractivity contribution is 5.97. The largest absolute Gasteiger partial charge is 0.355 e. The fourth-order valence-electron chi connectivity index (χ4n) is 2.54. The van der Waals surface area contributed by atoms with Gasteiger partial charge >= 0.3 is 0 Å². The minimum absolute atomic E-state index is 0.119. The SMILES string of the molecule is CC1CN(C(=O)c2cc(-c3ccc(F)cc3)on2)C(C)C(=O)N1. The Balaban J connectivity index is 1.83. The van der Waals surface area contributed by atoms with Gasteiger partial charge in [0.05, 0.1) is 0 Å². The van der Waals surface area contributed by atoms with Crippen LogP contribution < -0.4 is 5.32 Å². The van der Waals surface area contributed by atoms with E-state index in [2.05, 4.69) is 10.5 Å². The maximum atomic E-state index is 13.0. The van der Waals surface area contributed by atoms with Gasteiger partial charge in [-0.25, -0.2) is 4.39 Å². The third-order valence-electron chi connectivity index (χ3n) is 3.83. The first-order chi connectivity index (χ1) is 11.0. The zero-order valence-electron chi connectivity index (χ0n) is 12.7. The number of carbonyl (C=O) groups excluding carboxylic acids is 2. The predicted octanol–water partition coefficient (Wildman–Crippen LogP) is 1.83. The van der Waals surface area contributed by atoms with Crippen molar-refractivity contribution in [2.45, 2.75) is 25.9 Å². The quantitative estimate of drug-likeness (QED) is 0.917. The zero-order valence-corrected chi connectivity index (χ0v) is 12.7. The van der Waals surface area contributed by atoms with E-state index in [1.807, 2.05) is 6.92 Å². The number of nitrogens with one attached hydrogen (secondary N) is 1. The molecule has 0 spiro atoms. The molecular weight excluding hydrogens is 301 g/mol. The minimum Gasteiger partial charge on any atom is -0.355 e. The van der Waals surface area contributed by atoms with Crippen molar-refractivity contribution < 1.29 is 18.5 Å². The van der Waals surface area contributed by atoms with E-state index in [9.17, 15) is 14.0 Å². The summed E-state index contributed by atoms with van der Waals surface area (Å²) in [4.78, 5) is 25.9. The van der Waals surface area contributed by atoms with Gasteiger partial charge in [0.25, 0.3) is 5.91 Å². The van der Waals surface area contributed by atoms with E-state index in [1.165, 1.54) is 23.1 Å². The van der Waals surface area contributed by atoms with Gasteiger partial charge in [-0.15, -0.1) is 0 Å². The molecule has 0 bridgehead atoms. The van der Waals surface area contributed by atoms with Crippen molar-refractivity contribution in [2.24, 2.45) is 0 Å². The van der Waals surface area contributed by atoms with Crippen LogP contribution in [0.25, 0.3) is 11.3 Å². The van der Waals surface area contributed by atoms with Gasteiger partial charge in [0.15, 0.2) is 11.5 Å². The predicted molar refractivity (Wildman–Crippen MR) is 80.0 cm³/mol. The maximum absolute atomic E-state index is 13.0. The van der Waals surface area contributed by atoms with E-state index in [4.69, 9.17) is 4.52 Å². The highest BCUT2D eigenvalue weighted by Crippen LogP contribution is 2.22. The summed E-state index contributed by atoms with van der Waals surface area (Å²) < 4.78 is 18.1. The molecule has 2 atom stereocenters. The van der Waals surface area contributed by atoms with Gasteiger partial charge in [0.2, 0.25) is 5.91 Å². The number of hydrogen-bond donors (Lipinski definition) is 1. The van der Waals surface area contributed by atoms with Crippen LogP contribution in [0, 0.1) is 5.82 Å². The standard InChI is InChI=1S/C16H16FN3O3/c1-9-8-20(10(2)15(21)18-9)16(22)13-7-14(23-19-13)11-3-5-12(17)6-4-11/h3-7,9-10H,8H2,1-2H3,(H,18,21). The number of hydrogen-bond acceptors (Lipinski definition) is 4. The molecule has 1 aromatic carbocycles. The van der Waals surface area contributed by atoms with Crippen molar-refractivity contribution in [2.75, 3.05) is 6.54 Å². The Hall–Kier alpha value is -2.70. The van der Waals surface area contributed by atoms with E-state index < -0.39 is 6.04 Å². The summed E-state index contributed by atoms with van der Waals surface area (Å²) in [7, 11) is 0. The first-order valence-electron chi connectivity index (χ1n) is 7.29. The number of benzene rings is 1. The maximum Gasteiger partial charge on any atom is 0.276 e. The van der Waals surface area contributed by atoms with Crippen LogP contribution in [0.5, 0.6) is 0 Å². The Labute approximate surface area is 132 Å². The molecule has 6 nitrogen and oxygen atoms in total. The molecule has 0 radical (unpaired) electrons. The Morgan fingerprint density at radius 1 is 1.35 bits per heavy atom. The molecule has 1 aromatic heterocycles. The van der Waals surface area contributed by atoms with E-state index in [0.717, 1.165) is 0 Å². The summed E-state index contributed by atoms with van der Waals surface area (Å²) in [5.74, 6) is -0.544. The van der Waals surface area contributed by atoms with E-state index >= 15 is 0 Å². The molecule has 120 valence electrons. The first kappa shape index (κ1) is 15.2. The fourth-order valence-corrected chi connectivity index (χ4v) is 2.54. The molecule has 0 saturated carbocycles. The molecule has 7 heteroatoms. The van der Waals surface area contributed by atoms with Crippen LogP contribution in [0.4, 0.5) is 4.39 Å². The molecule has 3 rings (SSSR count). The lowest BCUT2D eigenvalue weighted by atomic mass is 10.1.